The largest absolute Gasteiger partial charge is 0.362 e. The first kappa shape index (κ1) is 16.5. The molecule has 0 aliphatic carbocycles. The van der Waals surface area contributed by atoms with E-state index in [2.05, 4.69) is 66.9 Å². The van der Waals surface area contributed by atoms with Crippen molar-refractivity contribution in [2.45, 2.75) is 26.7 Å². The summed E-state index contributed by atoms with van der Waals surface area (Å²) in [5, 5.41) is 7.26. The third-order valence-electron chi connectivity index (χ3n) is 3.81. The van der Waals surface area contributed by atoms with Crippen molar-refractivity contribution in [3.8, 4) is 0 Å². The fraction of sp³-hybridized carbons (Fsp3) is 0.316. The Morgan fingerprint density at radius 1 is 1.05 bits per heavy atom. The van der Waals surface area contributed by atoms with Crippen molar-refractivity contribution in [3.05, 3.63) is 65.7 Å². The van der Waals surface area contributed by atoms with Crippen LogP contribution < -0.4 is 10.6 Å². The smallest absolute Gasteiger partial charge is 0.170 e. The van der Waals surface area contributed by atoms with Crippen molar-refractivity contribution in [1.29, 1.82) is 0 Å². The summed E-state index contributed by atoms with van der Waals surface area (Å²) >= 11 is 5.38. The van der Waals surface area contributed by atoms with Crippen LogP contribution in [-0.2, 0) is 6.42 Å². The minimum absolute atomic E-state index is 0.583. The minimum Gasteiger partial charge on any atom is -0.362 e. The van der Waals surface area contributed by atoms with Crippen LogP contribution in [0.4, 0.5) is 5.69 Å². The molecule has 1 atom stereocenters. The SMILES string of the molecule is CCC(CNC(=S)Nc1ccc(C)cc1)Cc1ccccc1. The Hall–Kier alpha value is -1.87. The van der Waals surface area contributed by atoms with Gasteiger partial charge in [0.1, 0.15) is 0 Å². The Kier molecular flexibility index (Phi) is 6.41. The first-order chi connectivity index (χ1) is 10.7. The van der Waals surface area contributed by atoms with Gasteiger partial charge in [-0.1, -0.05) is 61.4 Å². The summed E-state index contributed by atoms with van der Waals surface area (Å²) in [6.07, 6.45) is 2.21. The van der Waals surface area contributed by atoms with E-state index in [-0.39, 0.29) is 0 Å². The van der Waals surface area contributed by atoms with Gasteiger partial charge < -0.3 is 10.6 Å². The van der Waals surface area contributed by atoms with E-state index in [0.717, 1.165) is 25.1 Å². The summed E-state index contributed by atoms with van der Waals surface area (Å²) in [5.41, 5.74) is 3.66. The fourth-order valence-corrected chi connectivity index (χ4v) is 2.56. The molecule has 0 saturated heterocycles. The molecule has 0 aliphatic rings. The zero-order valence-electron chi connectivity index (χ0n) is 13.3. The lowest BCUT2D eigenvalue weighted by molar-refractivity contribution is 0.498. The molecule has 1 unspecified atom stereocenters. The Labute approximate surface area is 139 Å². The molecule has 0 spiro atoms. The highest BCUT2D eigenvalue weighted by molar-refractivity contribution is 7.80. The van der Waals surface area contributed by atoms with Crippen molar-refractivity contribution in [2.24, 2.45) is 5.92 Å². The summed E-state index contributed by atoms with van der Waals surface area (Å²) in [6, 6.07) is 18.9. The monoisotopic (exact) mass is 312 g/mol. The van der Waals surface area contributed by atoms with Gasteiger partial charge in [-0.05, 0) is 49.2 Å². The van der Waals surface area contributed by atoms with Crippen LogP contribution in [0, 0.1) is 12.8 Å². The van der Waals surface area contributed by atoms with Crippen LogP contribution >= 0.6 is 12.2 Å². The summed E-state index contributed by atoms with van der Waals surface area (Å²) in [7, 11) is 0. The Balaban J connectivity index is 1.79. The van der Waals surface area contributed by atoms with Gasteiger partial charge in [0.2, 0.25) is 0 Å². The average molecular weight is 312 g/mol. The maximum Gasteiger partial charge on any atom is 0.170 e. The fourth-order valence-electron chi connectivity index (χ4n) is 2.36. The number of hydrogen-bond acceptors (Lipinski definition) is 1. The Morgan fingerprint density at radius 2 is 1.73 bits per heavy atom. The highest BCUT2D eigenvalue weighted by Crippen LogP contribution is 2.12. The van der Waals surface area contributed by atoms with Crippen molar-refractivity contribution >= 4 is 23.0 Å². The van der Waals surface area contributed by atoms with Crippen LogP contribution in [0.3, 0.4) is 0 Å². The normalized spacial score (nSPS) is 11.7. The lowest BCUT2D eigenvalue weighted by Crippen LogP contribution is -2.33. The van der Waals surface area contributed by atoms with Gasteiger partial charge in [-0.3, -0.25) is 0 Å². The average Bonchev–Trinajstić information content (AvgIpc) is 2.54. The summed E-state index contributed by atoms with van der Waals surface area (Å²) < 4.78 is 0. The number of thiocarbonyl (C=S) groups is 1. The number of aryl methyl sites for hydroxylation is 1. The van der Waals surface area contributed by atoms with Crippen molar-refractivity contribution in [1.82, 2.24) is 5.32 Å². The lowest BCUT2D eigenvalue weighted by atomic mass is 9.97. The first-order valence-electron chi connectivity index (χ1n) is 7.83. The van der Waals surface area contributed by atoms with Crippen LogP contribution in [0.15, 0.2) is 54.6 Å². The van der Waals surface area contributed by atoms with E-state index >= 15 is 0 Å². The number of hydrogen-bond donors (Lipinski definition) is 2. The maximum absolute atomic E-state index is 5.38. The second-order valence-corrected chi connectivity index (χ2v) is 6.07. The van der Waals surface area contributed by atoms with Gasteiger partial charge in [-0.2, -0.15) is 0 Å². The summed E-state index contributed by atoms with van der Waals surface area (Å²) in [6.45, 7) is 5.20. The van der Waals surface area contributed by atoms with Crippen molar-refractivity contribution in [2.75, 3.05) is 11.9 Å². The second kappa shape index (κ2) is 8.54. The third-order valence-corrected chi connectivity index (χ3v) is 4.05. The molecule has 2 rings (SSSR count). The summed E-state index contributed by atoms with van der Waals surface area (Å²) in [5.74, 6) is 0.583. The van der Waals surface area contributed by atoms with E-state index < -0.39 is 0 Å². The van der Waals surface area contributed by atoms with Gasteiger partial charge in [0.05, 0.1) is 0 Å². The van der Waals surface area contributed by atoms with Crippen molar-refractivity contribution < 1.29 is 0 Å². The molecule has 0 heterocycles. The van der Waals surface area contributed by atoms with Crippen molar-refractivity contribution in [3.63, 3.8) is 0 Å². The highest BCUT2D eigenvalue weighted by Gasteiger charge is 2.08. The van der Waals surface area contributed by atoms with Gasteiger partial charge in [0.15, 0.2) is 5.11 Å². The van der Waals surface area contributed by atoms with E-state index in [0.29, 0.717) is 11.0 Å². The number of benzene rings is 2. The molecule has 0 radical (unpaired) electrons. The van der Waals surface area contributed by atoms with Crippen LogP contribution in [0.1, 0.15) is 24.5 Å². The second-order valence-electron chi connectivity index (χ2n) is 5.67. The molecule has 2 aromatic carbocycles. The molecular weight excluding hydrogens is 288 g/mol. The molecule has 0 aliphatic heterocycles. The van der Waals surface area contributed by atoms with Gasteiger partial charge >= 0.3 is 0 Å². The van der Waals surface area contributed by atoms with E-state index in [9.17, 15) is 0 Å². The molecular formula is C19H24N2S. The van der Waals surface area contributed by atoms with Gasteiger partial charge in [0, 0.05) is 12.2 Å². The van der Waals surface area contributed by atoms with Gasteiger partial charge in [-0.15, -0.1) is 0 Å². The molecule has 0 bridgehead atoms. The number of nitrogens with one attached hydrogen (secondary N) is 2. The predicted octanol–water partition coefficient (Wildman–Crippen LogP) is 4.55. The molecule has 3 heteroatoms. The zero-order chi connectivity index (χ0) is 15.8. The van der Waals surface area contributed by atoms with Crippen LogP contribution in [0.5, 0.6) is 0 Å². The molecule has 2 nitrogen and oxygen atoms in total. The molecule has 0 saturated carbocycles. The number of rotatable bonds is 6. The van der Waals surface area contributed by atoms with Gasteiger partial charge in [-0.25, -0.2) is 0 Å². The molecule has 0 aromatic heterocycles. The predicted molar refractivity (Wildman–Crippen MR) is 99.3 cm³/mol. The third kappa shape index (κ3) is 5.49. The minimum atomic E-state index is 0.583. The molecule has 116 valence electrons. The van der Waals surface area contributed by atoms with E-state index in [1.54, 1.807) is 0 Å². The van der Waals surface area contributed by atoms with E-state index in [1.165, 1.54) is 11.1 Å². The van der Waals surface area contributed by atoms with E-state index in [1.807, 2.05) is 12.1 Å². The molecule has 22 heavy (non-hydrogen) atoms. The quantitative estimate of drug-likeness (QED) is 0.765. The standard InChI is InChI=1S/C19H24N2S/c1-3-16(13-17-7-5-4-6-8-17)14-20-19(22)21-18-11-9-15(2)10-12-18/h4-12,16H,3,13-14H2,1-2H3,(H2,20,21,22). The molecule has 2 N–H and O–H groups in total. The topological polar surface area (TPSA) is 24.1 Å². The Morgan fingerprint density at radius 3 is 2.36 bits per heavy atom. The molecule has 2 aromatic rings. The van der Waals surface area contributed by atoms with Crippen LogP contribution in [-0.4, -0.2) is 11.7 Å². The van der Waals surface area contributed by atoms with Gasteiger partial charge in [0.25, 0.3) is 0 Å². The van der Waals surface area contributed by atoms with E-state index in [4.69, 9.17) is 12.2 Å². The maximum atomic E-state index is 5.38. The lowest BCUT2D eigenvalue weighted by Gasteiger charge is -2.18. The Bertz CT molecular complexity index is 578. The molecule has 0 amide bonds. The molecule has 0 fully saturated rings. The van der Waals surface area contributed by atoms with Crippen LogP contribution in [0.2, 0.25) is 0 Å². The highest BCUT2D eigenvalue weighted by atomic mass is 32.1. The first-order valence-corrected chi connectivity index (χ1v) is 8.23. The number of anilines is 1. The zero-order valence-corrected chi connectivity index (χ0v) is 14.1. The van der Waals surface area contributed by atoms with Crippen LogP contribution in [0.25, 0.3) is 0 Å². The summed E-state index contributed by atoms with van der Waals surface area (Å²) in [4.78, 5) is 0.